The standard InChI is InChI=1S/C21H23N5O2/c1-14-4-6-18-16(10-14)12-17(21-23-24-25-26(18)21)13-22-9-8-15-5-7-19(27-2)20(11-15)28-3/h4-7,10-12,22H,8-9,13H2,1-3H3. The maximum Gasteiger partial charge on any atom is 0.184 e. The summed E-state index contributed by atoms with van der Waals surface area (Å²) in [4.78, 5) is 0. The summed E-state index contributed by atoms with van der Waals surface area (Å²) in [5, 5.41) is 16.8. The van der Waals surface area contributed by atoms with Gasteiger partial charge in [0.2, 0.25) is 0 Å². The van der Waals surface area contributed by atoms with Crippen LogP contribution in [0.3, 0.4) is 0 Å². The van der Waals surface area contributed by atoms with E-state index >= 15 is 0 Å². The molecule has 4 aromatic rings. The fourth-order valence-electron chi connectivity index (χ4n) is 3.41. The lowest BCUT2D eigenvalue weighted by atomic mass is 10.1. The largest absolute Gasteiger partial charge is 0.493 e. The molecule has 0 bridgehead atoms. The molecule has 0 fully saturated rings. The highest BCUT2D eigenvalue weighted by atomic mass is 16.5. The van der Waals surface area contributed by atoms with Crippen LogP contribution in [-0.2, 0) is 13.0 Å². The van der Waals surface area contributed by atoms with Gasteiger partial charge >= 0.3 is 0 Å². The molecule has 0 saturated carbocycles. The van der Waals surface area contributed by atoms with Gasteiger partial charge in [0.05, 0.1) is 19.7 Å². The second kappa shape index (κ2) is 7.82. The molecule has 144 valence electrons. The lowest BCUT2D eigenvalue weighted by Gasteiger charge is -2.11. The fraction of sp³-hybridized carbons (Fsp3) is 0.286. The topological polar surface area (TPSA) is 73.6 Å². The van der Waals surface area contributed by atoms with Gasteiger partial charge in [-0.15, -0.1) is 5.10 Å². The quantitative estimate of drug-likeness (QED) is 0.499. The average Bonchev–Trinajstić information content (AvgIpc) is 3.21. The predicted octanol–water partition coefficient (Wildman–Crippen LogP) is 2.94. The van der Waals surface area contributed by atoms with E-state index in [-0.39, 0.29) is 0 Å². The van der Waals surface area contributed by atoms with Gasteiger partial charge in [-0.05, 0) is 66.2 Å². The van der Waals surface area contributed by atoms with E-state index < -0.39 is 0 Å². The average molecular weight is 377 g/mol. The van der Waals surface area contributed by atoms with Gasteiger partial charge in [0, 0.05) is 17.5 Å². The van der Waals surface area contributed by atoms with E-state index in [0.29, 0.717) is 6.54 Å². The number of rotatable bonds is 7. The van der Waals surface area contributed by atoms with Crippen LogP contribution in [0.4, 0.5) is 0 Å². The molecule has 0 aliphatic heterocycles. The lowest BCUT2D eigenvalue weighted by molar-refractivity contribution is 0.354. The molecular formula is C21H23N5O2. The van der Waals surface area contributed by atoms with Crippen LogP contribution in [0, 0.1) is 6.92 Å². The van der Waals surface area contributed by atoms with E-state index in [1.54, 1.807) is 18.7 Å². The van der Waals surface area contributed by atoms with Crippen LogP contribution in [0.2, 0.25) is 0 Å². The molecule has 1 N–H and O–H groups in total. The van der Waals surface area contributed by atoms with Gasteiger partial charge in [-0.3, -0.25) is 0 Å². The molecular weight excluding hydrogens is 354 g/mol. The molecule has 0 amide bonds. The number of ether oxygens (including phenoxy) is 2. The van der Waals surface area contributed by atoms with Crippen LogP contribution in [0.15, 0.2) is 42.5 Å². The fourth-order valence-corrected chi connectivity index (χ4v) is 3.41. The van der Waals surface area contributed by atoms with E-state index in [9.17, 15) is 0 Å². The van der Waals surface area contributed by atoms with Crippen LogP contribution in [0.1, 0.15) is 16.7 Å². The molecule has 0 unspecified atom stereocenters. The van der Waals surface area contributed by atoms with E-state index in [0.717, 1.165) is 46.6 Å². The zero-order chi connectivity index (χ0) is 19.5. The third-order valence-corrected chi connectivity index (χ3v) is 4.85. The van der Waals surface area contributed by atoms with Crippen molar-refractivity contribution in [3.63, 3.8) is 0 Å². The number of nitrogens with one attached hydrogen (secondary N) is 1. The van der Waals surface area contributed by atoms with Crippen molar-refractivity contribution in [3.8, 4) is 11.5 Å². The Morgan fingerprint density at radius 3 is 2.68 bits per heavy atom. The number of fused-ring (bicyclic) bond motifs is 3. The second-order valence-electron chi connectivity index (χ2n) is 6.76. The summed E-state index contributed by atoms with van der Waals surface area (Å²) < 4.78 is 12.5. The first-order chi connectivity index (χ1) is 13.7. The molecule has 2 aromatic carbocycles. The van der Waals surface area contributed by atoms with Crippen molar-refractivity contribution in [1.29, 1.82) is 0 Å². The number of methoxy groups -OCH3 is 2. The van der Waals surface area contributed by atoms with Crippen molar-refractivity contribution in [2.45, 2.75) is 19.9 Å². The summed E-state index contributed by atoms with van der Waals surface area (Å²) in [7, 11) is 3.30. The van der Waals surface area contributed by atoms with Crippen LogP contribution in [0.25, 0.3) is 16.6 Å². The summed E-state index contributed by atoms with van der Waals surface area (Å²) in [5.41, 5.74) is 5.28. The zero-order valence-electron chi connectivity index (χ0n) is 16.3. The monoisotopic (exact) mass is 377 g/mol. The third-order valence-electron chi connectivity index (χ3n) is 4.85. The van der Waals surface area contributed by atoms with Gasteiger partial charge < -0.3 is 14.8 Å². The Balaban J connectivity index is 1.47. The van der Waals surface area contributed by atoms with E-state index in [4.69, 9.17) is 9.47 Å². The maximum absolute atomic E-state index is 5.37. The Hall–Kier alpha value is -3.19. The van der Waals surface area contributed by atoms with E-state index in [1.807, 2.05) is 12.1 Å². The molecule has 28 heavy (non-hydrogen) atoms. The van der Waals surface area contributed by atoms with Crippen molar-refractivity contribution in [3.05, 3.63) is 59.2 Å². The molecule has 0 saturated heterocycles. The van der Waals surface area contributed by atoms with Crippen molar-refractivity contribution >= 4 is 16.6 Å². The summed E-state index contributed by atoms with van der Waals surface area (Å²) >= 11 is 0. The molecule has 7 heteroatoms. The zero-order valence-corrected chi connectivity index (χ0v) is 16.3. The summed E-state index contributed by atoms with van der Waals surface area (Å²) in [5.74, 6) is 1.49. The SMILES string of the molecule is COc1ccc(CCNCc2cc3cc(C)ccc3n3nnnc23)cc1OC. The highest BCUT2D eigenvalue weighted by Crippen LogP contribution is 2.27. The first-order valence-electron chi connectivity index (χ1n) is 9.21. The number of nitrogens with zero attached hydrogens (tertiary/aromatic N) is 4. The Kier molecular flexibility index (Phi) is 5.08. The molecule has 0 atom stereocenters. The third kappa shape index (κ3) is 3.48. The van der Waals surface area contributed by atoms with Gasteiger partial charge in [-0.1, -0.05) is 17.7 Å². The number of benzene rings is 2. The molecule has 2 aromatic heterocycles. The van der Waals surface area contributed by atoms with Gasteiger partial charge in [-0.2, -0.15) is 4.52 Å². The minimum atomic E-state index is 0.695. The highest BCUT2D eigenvalue weighted by molar-refractivity contribution is 5.83. The summed E-state index contributed by atoms with van der Waals surface area (Å²) in [6, 6.07) is 14.5. The van der Waals surface area contributed by atoms with Gasteiger partial charge in [0.15, 0.2) is 17.1 Å². The molecule has 0 aliphatic rings. The molecule has 7 nitrogen and oxygen atoms in total. The van der Waals surface area contributed by atoms with Gasteiger partial charge in [0.1, 0.15) is 0 Å². The smallest absolute Gasteiger partial charge is 0.184 e. The maximum atomic E-state index is 5.37. The Morgan fingerprint density at radius 1 is 1.00 bits per heavy atom. The van der Waals surface area contributed by atoms with Crippen LogP contribution < -0.4 is 14.8 Å². The Bertz CT molecular complexity index is 1120. The summed E-state index contributed by atoms with van der Waals surface area (Å²) in [6.45, 7) is 3.61. The molecule has 0 aliphatic carbocycles. The summed E-state index contributed by atoms with van der Waals surface area (Å²) in [6.07, 6.45) is 0.883. The first-order valence-corrected chi connectivity index (χ1v) is 9.21. The van der Waals surface area contributed by atoms with Crippen LogP contribution >= 0.6 is 0 Å². The molecule has 0 spiro atoms. The minimum absolute atomic E-state index is 0.695. The van der Waals surface area contributed by atoms with E-state index in [1.165, 1.54) is 11.1 Å². The number of hydrogen-bond acceptors (Lipinski definition) is 6. The second-order valence-corrected chi connectivity index (χ2v) is 6.76. The Morgan fingerprint density at radius 2 is 1.86 bits per heavy atom. The van der Waals surface area contributed by atoms with Gasteiger partial charge in [0.25, 0.3) is 0 Å². The highest BCUT2D eigenvalue weighted by Gasteiger charge is 2.10. The molecule has 0 radical (unpaired) electrons. The van der Waals surface area contributed by atoms with Crippen molar-refractivity contribution in [2.24, 2.45) is 0 Å². The van der Waals surface area contributed by atoms with E-state index in [2.05, 4.69) is 58.1 Å². The van der Waals surface area contributed by atoms with Crippen molar-refractivity contribution in [1.82, 2.24) is 25.4 Å². The predicted molar refractivity (Wildman–Crippen MR) is 108 cm³/mol. The van der Waals surface area contributed by atoms with Crippen molar-refractivity contribution in [2.75, 3.05) is 20.8 Å². The normalized spacial score (nSPS) is 11.2. The van der Waals surface area contributed by atoms with Crippen LogP contribution in [-0.4, -0.2) is 40.8 Å². The molecule has 2 heterocycles. The Labute approximate surface area is 163 Å². The first kappa shape index (κ1) is 18.2. The number of pyridine rings is 1. The minimum Gasteiger partial charge on any atom is -0.493 e. The molecule has 4 rings (SSSR count). The number of aromatic nitrogens is 4. The van der Waals surface area contributed by atoms with Gasteiger partial charge in [-0.25, -0.2) is 0 Å². The van der Waals surface area contributed by atoms with Crippen molar-refractivity contribution < 1.29 is 9.47 Å². The lowest BCUT2D eigenvalue weighted by Crippen LogP contribution is -2.17. The number of tetrazole rings is 1. The number of hydrogen-bond donors (Lipinski definition) is 1. The van der Waals surface area contributed by atoms with Crippen LogP contribution in [0.5, 0.6) is 11.5 Å². The number of aryl methyl sites for hydroxylation is 1.